The third-order valence-corrected chi connectivity index (χ3v) is 1.82. The van der Waals surface area contributed by atoms with Gasteiger partial charge in [-0.1, -0.05) is 6.07 Å². The summed E-state index contributed by atoms with van der Waals surface area (Å²) in [6.07, 6.45) is 0. The topological polar surface area (TPSA) is 0 Å². The average molecular weight is 191 g/mol. The van der Waals surface area contributed by atoms with Crippen LogP contribution in [0.3, 0.4) is 0 Å². The third-order valence-electron chi connectivity index (χ3n) is 1.61. The van der Waals surface area contributed by atoms with Crippen LogP contribution >= 0.6 is 11.6 Å². The number of rotatable bonds is 1. The summed E-state index contributed by atoms with van der Waals surface area (Å²) in [5.41, 5.74) is 0.572. The van der Waals surface area contributed by atoms with Crippen LogP contribution in [0, 0.1) is 11.6 Å². The number of hydrogen-bond donors (Lipinski definition) is 0. The second-order valence-electron chi connectivity index (χ2n) is 3.10. The van der Waals surface area contributed by atoms with Crippen molar-refractivity contribution < 1.29 is 8.78 Å². The Morgan fingerprint density at radius 1 is 1.17 bits per heavy atom. The van der Waals surface area contributed by atoms with Crippen molar-refractivity contribution in [2.24, 2.45) is 0 Å². The molecule has 0 saturated carbocycles. The lowest BCUT2D eigenvalue weighted by Crippen LogP contribution is -2.07. The van der Waals surface area contributed by atoms with Crippen molar-refractivity contribution in [3.05, 3.63) is 35.4 Å². The Balaban J connectivity index is 3.14. The molecule has 0 aliphatic carbocycles. The Hall–Kier alpha value is -0.630. The Kier molecular flexibility index (Phi) is 2.38. The fraction of sp³-hybridized carbons (Fsp3) is 0.333. The van der Waals surface area contributed by atoms with Crippen LogP contribution in [0.5, 0.6) is 0 Å². The van der Waals surface area contributed by atoms with Crippen LogP contribution in [-0.4, -0.2) is 0 Å². The van der Waals surface area contributed by atoms with Crippen molar-refractivity contribution in [3.63, 3.8) is 0 Å². The van der Waals surface area contributed by atoms with E-state index < -0.39 is 16.5 Å². The summed E-state index contributed by atoms with van der Waals surface area (Å²) >= 11 is 5.89. The van der Waals surface area contributed by atoms with Crippen LogP contribution in [0.1, 0.15) is 19.4 Å². The van der Waals surface area contributed by atoms with Gasteiger partial charge in [-0.3, -0.25) is 0 Å². The van der Waals surface area contributed by atoms with Gasteiger partial charge in [-0.2, -0.15) is 0 Å². The SMILES string of the molecule is CC(C)(Cl)c1ccc(F)c(F)c1. The highest BCUT2D eigenvalue weighted by Crippen LogP contribution is 2.28. The molecule has 1 aromatic carbocycles. The molecule has 0 N–H and O–H groups in total. The van der Waals surface area contributed by atoms with E-state index in [0.29, 0.717) is 5.56 Å². The van der Waals surface area contributed by atoms with Gasteiger partial charge < -0.3 is 0 Å². The van der Waals surface area contributed by atoms with E-state index >= 15 is 0 Å². The summed E-state index contributed by atoms with van der Waals surface area (Å²) in [5.74, 6) is -1.71. The largest absolute Gasteiger partial charge is 0.204 e. The van der Waals surface area contributed by atoms with Gasteiger partial charge in [0, 0.05) is 0 Å². The highest BCUT2D eigenvalue weighted by atomic mass is 35.5. The predicted molar refractivity (Wildman–Crippen MR) is 45.2 cm³/mol. The van der Waals surface area contributed by atoms with Gasteiger partial charge in [-0.25, -0.2) is 8.78 Å². The first-order valence-corrected chi connectivity index (χ1v) is 3.93. The molecule has 0 heterocycles. The quantitative estimate of drug-likeness (QED) is 0.595. The molecular weight excluding hydrogens is 182 g/mol. The molecule has 0 amide bonds. The lowest BCUT2D eigenvalue weighted by Gasteiger charge is -2.15. The van der Waals surface area contributed by atoms with Crippen LogP contribution < -0.4 is 0 Å². The number of hydrogen-bond acceptors (Lipinski definition) is 0. The summed E-state index contributed by atoms with van der Waals surface area (Å²) in [4.78, 5) is -0.658. The van der Waals surface area contributed by atoms with Gasteiger partial charge in [0.2, 0.25) is 0 Å². The molecule has 12 heavy (non-hydrogen) atoms. The van der Waals surface area contributed by atoms with E-state index in [9.17, 15) is 8.78 Å². The maximum atomic E-state index is 12.7. The van der Waals surface area contributed by atoms with Crippen LogP contribution in [-0.2, 0) is 4.87 Å². The third kappa shape index (κ3) is 1.95. The summed E-state index contributed by atoms with van der Waals surface area (Å²) in [6, 6.07) is 3.67. The number of benzene rings is 1. The molecule has 0 aromatic heterocycles. The van der Waals surface area contributed by atoms with Gasteiger partial charge in [0.1, 0.15) is 0 Å². The molecule has 1 aromatic rings. The van der Waals surface area contributed by atoms with Gasteiger partial charge >= 0.3 is 0 Å². The zero-order chi connectivity index (χ0) is 9.35. The standard InChI is InChI=1S/C9H9ClF2/c1-9(2,10)6-3-4-7(11)8(12)5-6/h3-5H,1-2H3. The van der Waals surface area contributed by atoms with Crippen molar-refractivity contribution in [3.8, 4) is 0 Å². The summed E-state index contributed by atoms with van der Waals surface area (Å²) in [7, 11) is 0. The van der Waals surface area contributed by atoms with Gasteiger partial charge in [-0.15, -0.1) is 11.6 Å². The molecule has 0 saturated heterocycles. The minimum absolute atomic E-state index is 0.572. The second kappa shape index (κ2) is 3.02. The van der Waals surface area contributed by atoms with Crippen molar-refractivity contribution in [2.75, 3.05) is 0 Å². The molecule has 0 aliphatic heterocycles. The van der Waals surface area contributed by atoms with E-state index in [-0.39, 0.29) is 0 Å². The van der Waals surface area contributed by atoms with Crippen LogP contribution in [0.2, 0.25) is 0 Å². The molecule has 0 spiro atoms. The molecule has 1 rings (SSSR count). The highest BCUT2D eigenvalue weighted by molar-refractivity contribution is 6.23. The Bertz CT molecular complexity index is 289. The van der Waals surface area contributed by atoms with E-state index in [2.05, 4.69) is 0 Å². The van der Waals surface area contributed by atoms with Crippen molar-refractivity contribution in [1.29, 1.82) is 0 Å². The fourth-order valence-electron chi connectivity index (χ4n) is 0.866. The number of halogens is 3. The monoisotopic (exact) mass is 190 g/mol. The molecule has 0 nitrogen and oxygen atoms in total. The number of alkyl halides is 1. The Morgan fingerprint density at radius 2 is 1.75 bits per heavy atom. The lowest BCUT2D eigenvalue weighted by atomic mass is 10.0. The lowest BCUT2D eigenvalue weighted by molar-refractivity contribution is 0.505. The molecule has 66 valence electrons. The van der Waals surface area contributed by atoms with Crippen molar-refractivity contribution in [2.45, 2.75) is 18.7 Å². The second-order valence-corrected chi connectivity index (χ2v) is 4.05. The van der Waals surface area contributed by atoms with E-state index in [1.807, 2.05) is 0 Å². The van der Waals surface area contributed by atoms with E-state index in [1.54, 1.807) is 13.8 Å². The van der Waals surface area contributed by atoms with Gasteiger partial charge in [0.15, 0.2) is 11.6 Å². The molecule has 0 radical (unpaired) electrons. The average Bonchev–Trinajstić information content (AvgIpc) is 1.92. The summed E-state index contributed by atoms with van der Waals surface area (Å²) < 4.78 is 25.1. The van der Waals surface area contributed by atoms with Crippen LogP contribution in [0.4, 0.5) is 8.78 Å². The first-order chi connectivity index (χ1) is 5.41. The van der Waals surface area contributed by atoms with E-state index in [0.717, 1.165) is 12.1 Å². The first kappa shape index (κ1) is 9.46. The molecule has 0 aliphatic rings. The van der Waals surface area contributed by atoms with Gasteiger partial charge in [-0.05, 0) is 31.5 Å². The molecule has 0 bridgehead atoms. The zero-order valence-electron chi connectivity index (χ0n) is 6.87. The predicted octanol–water partition coefficient (Wildman–Crippen LogP) is 3.44. The summed E-state index contributed by atoms with van der Waals surface area (Å²) in [6.45, 7) is 3.45. The minimum atomic E-state index is -0.860. The fourth-order valence-corrected chi connectivity index (χ4v) is 0.983. The van der Waals surface area contributed by atoms with Crippen molar-refractivity contribution >= 4 is 11.6 Å². The maximum Gasteiger partial charge on any atom is 0.159 e. The Labute approximate surface area is 75.2 Å². The molecule has 0 fully saturated rings. The summed E-state index contributed by atoms with van der Waals surface area (Å²) in [5, 5.41) is 0. The van der Waals surface area contributed by atoms with Crippen molar-refractivity contribution in [1.82, 2.24) is 0 Å². The zero-order valence-corrected chi connectivity index (χ0v) is 7.62. The Morgan fingerprint density at radius 3 is 2.17 bits per heavy atom. The maximum absolute atomic E-state index is 12.7. The minimum Gasteiger partial charge on any atom is -0.204 e. The normalized spacial score (nSPS) is 11.8. The molecule has 0 unspecified atom stereocenters. The van der Waals surface area contributed by atoms with Crippen LogP contribution in [0.15, 0.2) is 18.2 Å². The van der Waals surface area contributed by atoms with Gasteiger partial charge in [0.25, 0.3) is 0 Å². The smallest absolute Gasteiger partial charge is 0.159 e. The molecule has 3 heteroatoms. The molecule has 0 atom stereocenters. The van der Waals surface area contributed by atoms with E-state index in [1.165, 1.54) is 6.07 Å². The van der Waals surface area contributed by atoms with Gasteiger partial charge in [0.05, 0.1) is 4.87 Å². The first-order valence-electron chi connectivity index (χ1n) is 3.55. The highest BCUT2D eigenvalue weighted by Gasteiger charge is 2.17. The van der Waals surface area contributed by atoms with E-state index in [4.69, 9.17) is 11.6 Å². The molecular formula is C9H9ClF2. The van der Waals surface area contributed by atoms with Crippen LogP contribution in [0.25, 0.3) is 0 Å².